The van der Waals surface area contributed by atoms with Gasteiger partial charge in [-0.3, -0.25) is 19.3 Å². The number of nitrogens with one attached hydrogen (secondary N) is 1. The van der Waals surface area contributed by atoms with Gasteiger partial charge in [0, 0.05) is 24.4 Å². The zero-order chi connectivity index (χ0) is 20.5. The lowest BCUT2D eigenvalue weighted by atomic mass is 10.1. The monoisotopic (exact) mass is 394 g/mol. The van der Waals surface area contributed by atoms with Crippen molar-refractivity contribution in [2.24, 2.45) is 0 Å². The molecule has 9 nitrogen and oxygen atoms in total. The maximum Gasteiger partial charge on any atom is 0.338 e. The number of aryl methyl sites for hydroxylation is 1. The average Bonchev–Trinajstić information content (AvgIpc) is 3.51. The van der Waals surface area contributed by atoms with Crippen molar-refractivity contribution in [3.05, 3.63) is 79.9 Å². The summed E-state index contributed by atoms with van der Waals surface area (Å²) in [6, 6.07) is 9.25. The van der Waals surface area contributed by atoms with Crippen molar-refractivity contribution in [3.8, 4) is 0 Å². The molecule has 2 aromatic heterocycles. The molecule has 0 amide bonds. The number of nitro groups is 1. The van der Waals surface area contributed by atoms with E-state index in [-0.39, 0.29) is 29.5 Å². The van der Waals surface area contributed by atoms with Crippen molar-refractivity contribution < 1.29 is 14.5 Å². The third kappa shape index (κ3) is 4.08. The number of benzene rings is 1. The zero-order valence-corrected chi connectivity index (χ0v) is 15.6. The van der Waals surface area contributed by atoms with Gasteiger partial charge in [0.25, 0.3) is 11.2 Å². The predicted octanol–water partition coefficient (Wildman–Crippen LogP) is 2.84. The number of fused-ring (bicyclic) bond motifs is 1. The maximum atomic E-state index is 12.4. The number of nitro benzene ring substituents is 1. The molecule has 1 saturated carbocycles. The van der Waals surface area contributed by atoms with Crippen LogP contribution in [0.25, 0.3) is 5.65 Å². The first-order chi connectivity index (χ1) is 13.9. The first-order valence-electron chi connectivity index (χ1n) is 9.12. The highest BCUT2D eigenvalue weighted by atomic mass is 16.6. The summed E-state index contributed by atoms with van der Waals surface area (Å²) in [5.41, 5.74) is 1.65. The Hall–Kier alpha value is -3.75. The standard InChI is InChI=1S/C20H18N4O5/c1-12-2-7-18-22-15(9-19(25)23(18)10-12)11-29-20(26)13-3-6-16(21-14-4-5-14)17(8-13)24(27)28/h2-3,6-10,14,21H,4-5,11H2,1H3. The molecule has 29 heavy (non-hydrogen) atoms. The summed E-state index contributed by atoms with van der Waals surface area (Å²) < 4.78 is 6.63. The van der Waals surface area contributed by atoms with Crippen molar-refractivity contribution in [1.82, 2.24) is 9.38 Å². The first-order valence-corrected chi connectivity index (χ1v) is 9.12. The van der Waals surface area contributed by atoms with E-state index < -0.39 is 10.9 Å². The summed E-state index contributed by atoms with van der Waals surface area (Å²) >= 11 is 0. The van der Waals surface area contributed by atoms with Gasteiger partial charge < -0.3 is 10.1 Å². The van der Waals surface area contributed by atoms with Crippen LogP contribution in [0.15, 0.2) is 47.4 Å². The van der Waals surface area contributed by atoms with Crippen LogP contribution in [0.3, 0.4) is 0 Å². The van der Waals surface area contributed by atoms with Crippen molar-refractivity contribution in [2.75, 3.05) is 5.32 Å². The average molecular weight is 394 g/mol. The van der Waals surface area contributed by atoms with E-state index in [2.05, 4.69) is 10.3 Å². The summed E-state index contributed by atoms with van der Waals surface area (Å²) in [6.45, 7) is 1.65. The van der Waals surface area contributed by atoms with Gasteiger partial charge >= 0.3 is 5.97 Å². The molecule has 0 unspecified atom stereocenters. The number of aromatic nitrogens is 2. The lowest BCUT2D eigenvalue weighted by Crippen LogP contribution is -2.17. The summed E-state index contributed by atoms with van der Waals surface area (Å²) in [5, 5.41) is 14.4. The highest BCUT2D eigenvalue weighted by Gasteiger charge is 2.25. The topological polar surface area (TPSA) is 116 Å². The Morgan fingerprint density at radius 1 is 1.31 bits per heavy atom. The molecular formula is C20H18N4O5. The van der Waals surface area contributed by atoms with Gasteiger partial charge in [0.2, 0.25) is 0 Å². The van der Waals surface area contributed by atoms with Crippen LogP contribution in [-0.4, -0.2) is 26.3 Å². The van der Waals surface area contributed by atoms with Gasteiger partial charge in [-0.25, -0.2) is 9.78 Å². The molecule has 0 aliphatic heterocycles. The second-order valence-corrected chi connectivity index (χ2v) is 7.00. The molecule has 1 fully saturated rings. The molecule has 0 saturated heterocycles. The third-order valence-electron chi connectivity index (χ3n) is 4.58. The Balaban J connectivity index is 1.51. The number of nitrogens with zero attached hydrogens (tertiary/aromatic N) is 3. The van der Waals surface area contributed by atoms with Crippen molar-refractivity contribution >= 4 is 23.0 Å². The number of ether oxygens (including phenoxy) is 1. The molecule has 2 heterocycles. The molecule has 1 aliphatic rings. The number of pyridine rings is 1. The maximum absolute atomic E-state index is 12.4. The van der Waals surface area contributed by atoms with Gasteiger partial charge in [0.1, 0.15) is 17.9 Å². The van der Waals surface area contributed by atoms with Gasteiger partial charge in [-0.15, -0.1) is 0 Å². The zero-order valence-electron chi connectivity index (χ0n) is 15.6. The van der Waals surface area contributed by atoms with Crippen LogP contribution in [0.1, 0.15) is 34.5 Å². The normalized spacial score (nSPS) is 13.3. The van der Waals surface area contributed by atoms with Crippen molar-refractivity contribution in [3.63, 3.8) is 0 Å². The Labute approximate surface area is 165 Å². The van der Waals surface area contributed by atoms with Crippen LogP contribution in [0.4, 0.5) is 11.4 Å². The van der Waals surface area contributed by atoms with Crippen LogP contribution in [0.5, 0.6) is 0 Å². The van der Waals surface area contributed by atoms with E-state index in [4.69, 9.17) is 4.74 Å². The molecule has 148 valence electrons. The minimum Gasteiger partial charge on any atom is -0.456 e. The molecule has 0 atom stereocenters. The van der Waals surface area contributed by atoms with Crippen LogP contribution in [-0.2, 0) is 11.3 Å². The number of hydrogen-bond donors (Lipinski definition) is 1. The second-order valence-electron chi connectivity index (χ2n) is 7.00. The second kappa shape index (κ2) is 7.34. The Morgan fingerprint density at radius 2 is 2.10 bits per heavy atom. The number of carbonyl (C=O) groups excluding carboxylic acids is 1. The van der Waals surface area contributed by atoms with Gasteiger partial charge in [0.05, 0.1) is 16.2 Å². The quantitative estimate of drug-likeness (QED) is 0.388. The van der Waals surface area contributed by atoms with Gasteiger partial charge in [-0.2, -0.15) is 0 Å². The van der Waals surface area contributed by atoms with Crippen LogP contribution >= 0.6 is 0 Å². The van der Waals surface area contributed by atoms with Crippen LogP contribution in [0.2, 0.25) is 0 Å². The fraction of sp³-hybridized carbons (Fsp3) is 0.250. The van der Waals surface area contributed by atoms with Gasteiger partial charge in [0.15, 0.2) is 0 Å². The van der Waals surface area contributed by atoms with E-state index in [0.29, 0.717) is 17.0 Å². The largest absolute Gasteiger partial charge is 0.456 e. The smallest absolute Gasteiger partial charge is 0.338 e. The van der Waals surface area contributed by atoms with E-state index >= 15 is 0 Å². The molecular weight excluding hydrogens is 376 g/mol. The summed E-state index contributed by atoms with van der Waals surface area (Å²) in [4.78, 5) is 39.7. The molecule has 0 radical (unpaired) electrons. The Bertz CT molecular complexity index is 1180. The fourth-order valence-corrected chi connectivity index (χ4v) is 2.93. The molecule has 0 spiro atoms. The predicted molar refractivity (Wildman–Crippen MR) is 105 cm³/mol. The van der Waals surface area contributed by atoms with Gasteiger partial charge in [-0.05, 0) is 43.5 Å². The summed E-state index contributed by atoms with van der Waals surface area (Å²) in [6.07, 6.45) is 3.62. The first kappa shape index (κ1) is 18.6. The van der Waals surface area contributed by atoms with Crippen LogP contribution in [0, 0.1) is 17.0 Å². The SMILES string of the molecule is Cc1ccc2nc(COC(=O)c3ccc(NC4CC4)c([N+](=O)[O-])c3)cc(=O)n2c1. The summed E-state index contributed by atoms with van der Waals surface area (Å²) in [5.74, 6) is -0.725. The van der Waals surface area contributed by atoms with E-state index in [0.717, 1.165) is 18.4 Å². The number of carbonyl (C=O) groups is 1. The molecule has 1 N–H and O–H groups in total. The summed E-state index contributed by atoms with van der Waals surface area (Å²) in [7, 11) is 0. The Morgan fingerprint density at radius 3 is 2.83 bits per heavy atom. The third-order valence-corrected chi connectivity index (χ3v) is 4.58. The minimum absolute atomic E-state index is 0.0613. The van der Waals surface area contributed by atoms with E-state index in [1.165, 1.54) is 28.7 Å². The molecule has 3 aromatic rings. The van der Waals surface area contributed by atoms with Crippen LogP contribution < -0.4 is 10.9 Å². The lowest BCUT2D eigenvalue weighted by molar-refractivity contribution is -0.384. The fourth-order valence-electron chi connectivity index (χ4n) is 2.93. The molecule has 1 aromatic carbocycles. The lowest BCUT2D eigenvalue weighted by Gasteiger charge is -2.09. The molecule has 4 rings (SSSR count). The number of rotatable bonds is 6. The van der Waals surface area contributed by atoms with Crippen molar-refractivity contribution in [2.45, 2.75) is 32.4 Å². The Kier molecular flexibility index (Phi) is 4.71. The van der Waals surface area contributed by atoms with E-state index in [1.807, 2.05) is 13.0 Å². The molecule has 1 aliphatic carbocycles. The van der Waals surface area contributed by atoms with E-state index in [1.54, 1.807) is 12.3 Å². The number of esters is 1. The number of anilines is 1. The van der Waals surface area contributed by atoms with E-state index in [9.17, 15) is 19.7 Å². The molecule has 9 heteroatoms. The number of hydrogen-bond acceptors (Lipinski definition) is 7. The minimum atomic E-state index is -0.725. The molecule has 0 bridgehead atoms. The highest BCUT2D eigenvalue weighted by Crippen LogP contribution is 2.31. The van der Waals surface area contributed by atoms with Crippen molar-refractivity contribution in [1.29, 1.82) is 0 Å². The highest BCUT2D eigenvalue weighted by molar-refractivity contribution is 5.91. The van der Waals surface area contributed by atoms with Gasteiger partial charge in [-0.1, -0.05) is 6.07 Å².